The van der Waals surface area contributed by atoms with Crippen molar-refractivity contribution in [2.24, 2.45) is 11.7 Å². The second kappa shape index (κ2) is 6.51. The van der Waals surface area contributed by atoms with Gasteiger partial charge in [0.05, 0.1) is 6.33 Å². The van der Waals surface area contributed by atoms with Gasteiger partial charge in [-0.3, -0.25) is 4.79 Å². The van der Waals surface area contributed by atoms with E-state index in [1.807, 2.05) is 0 Å². The molecule has 0 aliphatic heterocycles. The van der Waals surface area contributed by atoms with Gasteiger partial charge in [0.15, 0.2) is 0 Å². The summed E-state index contributed by atoms with van der Waals surface area (Å²) >= 11 is 0. The number of aromatic amines is 1. The van der Waals surface area contributed by atoms with Crippen LogP contribution in [0.5, 0.6) is 0 Å². The van der Waals surface area contributed by atoms with Crippen molar-refractivity contribution in [3.05, 3.63) is 18.2 Å². The number of nitrogens with two attached hydrogens (primary N) is 1. The maximum Gasteiger partial charge on any atom is 0.326 e. The topological polar surface area (TPSA) is 121 Å². The Kier molecular flexibility index (Phi) is 4.73. The van der Waals surface area contributed by atoms with Gasteiger partial charge < -0.3 is 21.1 Å². The van der Waals surface area contributed by atoms with Gasteiger partial charge in [0.2, 0.25) is 5.91 Å². The molecular formula is C13H20N4O3. The van der Waals surface area contributed by atoms with Crippen LogP contribution in [0.25, 0.3) is 0 Å². The number of nitrogens with one attached hydrogen (secondary N) is 2. The molecule has 1 heterocycles. The molecule has 0 bridgehead atoms. The number of nitrogens with zero attached hydrogens (tertiary/aromatic N) is 1. The molecule has 1 fully saturated rings. The highest BCUT2D eigenvalue weighted by Crippen LogP contribution is 2.23. The minimum atomic E-state index is -1.05. The molecule has 1 amide bonds. The van der Waals surface area contributed by atoms with Gasteiger partial charge in [-0.05, 0) is 19.3 Å². The summed E-state index contributed by atoms with van der Waals surface area (Å²) in [5.41, 5.74) is 6.53. The maximum atomic E-state index is 12.1. The smallest absolute Gasteiger partial charge is 0.326 e. The lowest BCUT2D eigenvalue weighted by Crippen LogP contribution is -2.46. The third-order valence-electron chi connectivity index (χ3n) is 3.68. The number of hydrogen-bond acceptors (Lipinski definition) is 4. The molecule has 1 aromatic heterocycles. The van der Waals surface area contributed by atoms with Gasteiger partial charge in [0.25, 0.3) is 0 Å². The van der Waals surface area contributed by atoms with Crippen LogP contribution < -0.4 is 11.1 Å². The minimum Gasteiger partial charge on any atom is -0.480 e. The predicted octanol–water partition coefficient (Wildman–Crippen LogP) is 0.0391. The van der Waals surface area contributed by atoms with Gasteiger partial charge >= 0.3 is 5.97 Å². The molecule has 2 rings (SSSR count). The Morgan fingerprint density at radius 3 is 2.95 bits per heavy atom. The van der Waals surface area contributed by atoms with Gasteiger partial charge in [-0.2, -0.15) is 0 Å². The van der Waals surface area contributed by atoms with Crippen molar-refractivity contribution in [3.8, 4) is 0 Å². The molecule has 7 heteroatoms. The van der Waals surface area contributed by atoms with E-state index in [2.05, 4.69) is 15.3 Å². The summed E-state index contributed by atoms with van der Waals surface area (Å²) in [6.07, 6.45) is 6.48. The molecule has 1 aromatic rings. The third kappa shape index (κ3) is 3.80. The summed E-state index contributed by atoms with van der Waals surface area (Å²) in [6.45, 7) is 0. The highest BCUT2D eigenvalue weighted by Gasteiger charge is 2.29. The number of carboxylic acid groups (broad SMARTS) is 1. The van der Waals surface area contributed by atoms with Gasteiger partial charge in [-0.1, -0.05) is 6.42 Å². The first-order chi connectivity index (χ1) is 9.56. The van der Waals surface area contributed by atoms with Crippen molar-refractivity contribution in [2.45, 2.75) is 44.2 Å². The standard InChI is InChI=1S/C13H20N4O3/c14-9-3-1-2-8(4-9)12(18)17-11(13(19)20)5-10-6-15-7-16-10/h6-9,11H,1-5,14H2,(H,15,16)(H,17,18)(H,19,20)/t8?,9?,11-/m1/s1. The lowest BCUT2D eigenvalue weighted by molar-refractivity contribution is -0.142. The van der Waals surface area contributed by atoms with Crippen LogP contribution in [-0.2, 0) is 16.0 Å². The summed E-state index contributed by atoms with van der Waals surface area (Å²) in [5, 5.41) is 11.8. The van der Waals surface area contributed by atoms with Crippen LogP contribution >= 0.6 is 0 Å². The molecule has 1 aliphatic carbocycles. The fraction of sp³-hybridized carbons (Fsp3) is 0.615. The van der Waals surface area contributed by atoms with Crippen molar-refractivity contribution in [2.75, 3.05) is 0 Å². The van der Waals surface area contributed by atoms with Crippen molar-refractivity contribution in [1.29, 1.82) is 0 Å². The molecule has 7 nitrogen and oxygen atoms in total. The molecule has 3 atom stereocenters. The van der Waals surface area contributed by atoms with Crippen molar-refractivity contribution < 1.29 is 14.7 Å². The Balaban J connectivity index is 1.93. The summed E-state index contributed by atoms with van der Waals surface area (Å²) in [7, 11) is 0. The van der Waals surface area contributed by atoms with Crippen LogP contribution in [0.3, 0.4) is 0 Å². The van der Waals surface area contributed by atoms with Gasteiger partial charge in [-0.25, -0.2) is 9.78 Å². The van der Waals surface area contributed by atoms with Gasteiger partial charge in [0, 0.05) is 30.3 Å². The molecule has 0 spiro atoms. The fourth-order valence-corrected chi connectivity index (χ4v) is 2.57. The van der Waals surface area contributed by atoms with E-state index in [0.717, 1.165) is 19.3 Å². The first-order valence-corrected chi connectivity index (χ1v) is 6.82. The number of amides is 1. The van der Waals surface area contributed by atoms with E-state index in [1.54, 1.807) is 6.20 Å². The van der Waals surface area contributed by atoms with Crippen molar-refractivity contribution in [3.63, 3.8) is 0 Å². The van der Waals surface area contributed by atoms with Crippen molar-refractivity contribution >= 4 is 11.9 Å². The second-order valence-corrected chi connectivity index (χ2v) is 5.30. The lowest BCUT2D eigenvalue weighted by Gasteiger charge is -2.26. The first kappa shape index (κ1) is 14.5. The van der Waals surface area contributed by atoms with E-state index in [0.29, 0.717) is 12.1 Å². The Hall–Kier alpha value is -1.89. The highest BCUT2D eigenvalue weighted by molar-refractivity contribution is 5.85. The molecule has 5 N–H and O–H groups in total. The van der Waals surface area contributed by atoms with Crippen molar-refractivity contribution in [1.82, 2.24) is 15.3 Å². The number of carbonyl (C=O) groups excluding carboxylic acids is 1. The fourth-order valence-electron chi connectivity index (χ4n) is 2.57. The highest BCUT2D eigenvalue weighted by atomic mass is 16.4. The second-order valence-electron chi connectivity index (χ2n) is 5.30. The summed E-state index contributed by atoms with van der Waals surface area (Å²) in [6, 6.07) is -0.906. The Morgan fingerprint density at radius 1 is 1.55 bits per heavy atom. The minimum absolute atomic E-state index is 0.0374. The predicted molar refractivity (Wildman–Crippen MR) is 71.8 cm³/mol. The third-order valence-corrected chi connectivity index (χ3v) is 3.68. The van der Waals surface area contributed by atoms with E-state index < -0.39 is 12.0 Å². The average Bonchev–Trinajstić information content (AvgIpc) is 2.90. The molecule has 0 aromatic carbocycles. The molecular weight excluding hydrogens is 260 g/mol. The molecule has 1 saturated carbocycles. The zero-order chi connectivity index (χ0) is 14.5. The summed E-state index contributed by atoms with van der Waals surface area (Å²) in [5.74, 6) is -1.44. The molecule has 1 aliphatic rings. The summed E-state index contributed by atoms with van der Waals surface area (Å²) < 4.78 is 0. The summed E-state index contributed by atoms with van der Waals surface area (Å²) in [4.78, 5) is 30.0. The van der Waals surface area contributed by atoms with Crippen LogP contribution in [-0.4, -0.2) is 39.0 Å². The molecule has 2 unspecified atom stereocenters. The molecule has 20 heavy (non-hydrogen) atoms. The van der Waals surface area contributed by atoms with Crippen LogP contribution in [0.15, 0.2) is 12.5 Å². The Morgan fingerprint density at radius 2 is 2.35 bits per heavy atom. The zero-order valence-corrected chi connectivity index (χ0v) is 11.2. The maximum absolute atomic E-state index is 12.1. The number of carbonyl (C=O) groups is 2. The number of imidazole rings is 1. The number of hydrogen-bond donors (Lipinski definition) is 4. The SMILES string of the molecule is NC1CCCC(C(=O)N[C@H](Cc2cnc[nH]2)C(=O)O)C1. The van der Waals surface area contributed by atoms with Crippen LogP contribution in [0.4, 0.5) is 0 Å². The number of H-pyrrole nitrogens is 1. The number of aliphatic carboxylic acids is 1. The molecule has 0 saturated heterocycles. The molecule has 110 valence electrons. The van der Waals surface area contributed by atoms with Crippen LogP contribution in [0.1, 0.15) is 31.4 Å². The monoisotopic (exact) mass is 280 g/mol. The van der Waals surface area contributed by atoms with E-state index in [1.165, 1.54) is 6.33 Å². The van der Waals surface area contributed by atoms with Crippen LogP contribution in [0.2, 0.25) is 0 Å². The van der Waals surface area contributed by atoms with E-state index in [-0.39, 0.29) is 24.3 Å². The molecule has 0 radical (unpaired) electrons. The van der Waals surface area contributed by atoms with Crippen LogP contribution in [0, 0.1) is 5.92 Å². The van der Waals surface area contributed by atoms with Gasteiger partial charge in [0.1, 0.15) is 6.04 Å². The normalized spacial score (nSPS) is 24.1. The zero-order valence-electron chi connectivity index (χ0n) is 11.2. The van der Waals surface area contributed by atoms with Gasteiger partial charge in [-0.15, -0.1) is 0 Å². The van der Waals surface area contributed by atoms with E-state index in [9.17, 15) is 14.7 Å². The first-order valence-electron chi connectivity index (χ1n) is 6.82. The largest absolute Gasteiger partial charge is 0.480 e. The Labute approximate surface area is 117 Å². The Bertz CT molecular complexity index is 460. The number of carboxylic acids is 1. The average molecular weight is 280 g/mol. The lowest BCUT2D eigenvalue weighted by atomic mass is 9.85. The number of aromatic nitrogens is 2. The quantitative estimate of drug-likeness (QED) is 0.606. The van der Waals surface area contributed by atoms with E-state index in [4.69, 9.17) is 5.73 Å². The number of rotatable bonds is 5. The van der Waals surface area contributed by atoms with E-state index >= 15 is 0 Å².